The van der Waals surface area contributed by atoms with Gasteiger partial charge in [-0.3, -0.25) is 9.89 Å². The van der Waals surface area contributed by atoms with Gasteiger partial charge in [-0.25, -0.2) is 0 Å². The number of nitrogens with zero attached hydrogens (tertiary/aromatic N) is 1. The highest BCUT2D eigenvalue weighted by Gasteiger charge is 2.25. The summed E-state index contributed by atoms with van der Waals surface area (Å²) >= 11 is 5.82. The van der Waals surface area contributed by atoms with Crippen LogP contribution in [0.2, 0.25) is 5.02 Å². The molecule has 1 amide bonds. The monoisotopic (exact) mass is 291 g/mol. The molecule has 3 rings (SSSR count). The third-order valence-corrected chi connectivity index (χ3v) is 3.91. The van der Waals surface area contributed by atoms with Crippen LogP contribution in [-0.2, 0) is 17.6 Å². The summed E-state index contributed by atoms with van der Waals surface area (Å²) in [5.74, 6) is -0.105. The second-order valence-corrected chi connectivity index (χ2v) is 5.38. The van der Waals surface area contributed by atoms with Crippen LogP contribution in [0.5, 0.6) is 5.75 Å². The zero-order valence-corrected chi connectivity index (χ0v) is 11.4. The number of phenolic OH excluding ortho intramolecular Hbond substituents is 1. The molecule has 1 aromatic carbocycles. The van der Waals surface area contributed by atoms with E-state index in [2.05, 4.69) is 15.5 Å². The van der Waals surface area contributed by atoms with E-state index in [4.69, 9.17) is 11.6 Å². The van der Waals surface area contributed by atoms with Crippen LogP contribution < -0.4 is 5.32 Å². The minimum atomic E-state index is -0.0736. The molecule has 6 heteroatoms. The Morgan fingerprint density at radius 1 is 1.50 bits per heavy atom. The third kappa shape index (κ3) is 2.49. The van der Waals surface area contributed by atoms with Crippen molar-refractivity contribution in [1.82, 2.24) is 10.2 Å². The smallest absolute Gasteiger partial charge is 0.227 e. The fourth-order valence-corrected chi connectivity index (χ4v) is 2.64. The van der Waals surface area contributed by atoms with Gasteiger partial charge in [0, 0.05) is 23.7 Å². The van der Waals surface area contributed by atoms with Gasteiger partial charge in [0.05, 0.1) is 11.2 Å². The number of anilines is 1. The number of phenols is 1. The number of halogens is 1. The zero-order chi connectivity index (χ0) is 14.1. The van der Waals surface area contributed by atoms with Crippen molar-refractivity contribution < 1.29 is 9.90 Å². The fourth-order valence-electron chi connectivity index (χ4n) is 2.46. The lowest BCUT2D eigenvalue weighted by Crippen LogP contribution is -2.28. The quantitative estimate of drug-likeness (QED) is 0.744. The normalized spacial score (nSPS) is 17.6. The van der Waals surface area contributed by atoms with Crippen LogP contribution in [-0.4, -0.2) is 21.2 Å². The van der Waals surface area contributed by atoms with Crippen molar-refractivity contribution >= 4 is 23.2 Å². The first-order valence-electron chi connectivity index (χ1n) is 6.44. The lowest BCUT2D eigenvalue weighted by Gasteiger charge is -2.21. The van der Waals surface area contributed by atoms with Crippen molar-refractivity contribution in [3.8, 4) is 5.75 Å². The molecule has 0 radical (unpaired) electrons. The number of aromatic amines is 1. The van der Waals surface area contributed by atoms with Crippen molar-refractivity contribution in [3.05, 3.63) is 40.7 Å². The number of nitrogens with one attached hydrogen (secondary N) is 2. The second kappa shape index (κ2) is 5.17. The Bertz CT molecular complexity index is 654. The van der Waals surface area contributed by atoms with Crippen LogP contribution in [0, 0.1) is 5.92 Å². The van der Waals surface area contributed by atoms with E-state index in [-0.39, 0.29) is 22.6 Å². The number of hydrogen-bond donors (Lipinski definition) is 3. The number of carbonyl (C=O) groups excluding carboxylic acids is 1. The van der Waals surface area contributed by atoms with Gasteiger partial charge in [0.2, 0.25) is 5.91 Å². The number of rotatable bonds is 2. The fraction of sp³-hybridized carbons (Fsp3) is 0.286. The maximum absolute atomic E-state index is 12.2. The predicted octanol–water partition coefficient (Wildman–Crippen LogP) is 2.51. The molecule has 0 saturated carbocycles. The molecule has 1 atom stereocenters. The van der Waals surface area contributed by atoms with Gasteiger partial charge in [0.1, 0.15) is 5.75 Å². The van der Waals surface area contributed by atoms with Gasteiger partial charge < -0.3 is 10.4 Å². The molecule has 0 aliphatic heterocycles. The molecule has 0 spiro atoms. The molecular formula is C14H14ClN3O2. The zero-order valence-electron chi connectivity index (χ0n) is 10.7. The maximum atomic E-state index is 12.2. The van der Waals surface area contributed by atoms with E-state index in [1.165, 1.54) is 11.6 Å². The lowest BCUT2D eigenvalue weighted by molar-refractivity contribution is -0.120. The van der Waals surface area contributed by atoms with Crippen LogP contribution in [0.15, 0.2) is 24.4 Å². The molecule has 5 nitrogen and oxygen atoms in total. The van der Waals surface area contributed by atoms with E-state index in [9.17, 15) is 9.90 Å². The number of aryl methyl sites for hydroxylation is 1. The SMILES string of the molecule is O=C(Nc1ccc(O)c(Cl)c1)[C@H]1CCc2cn[nH]c2C1. The average molecular weight is 292 g/mol. The lowest BCUT2D eigenvalue weighted by atomic mass is 9.87. The van der Waals surface area contributed by atoms with Gasteiger partial charge in [-0.2, -0.15) is 5.10 Å². The first-order valence-corrected chi connectivity index (χ1v) is 6.82. The number of fused-ring (bicyclic) bond motifs is 1. The Morgan fingerprint density at radius 3 is 3.15 bits per heavy atom. The molecule has 1 heterocycles. The molecule has 1 aliphatic carbocycles. The largest absolute Gasteiger partial charge is 0.506 e. The Balaban J connectivity index is 1.69. The summed E-state index contributed by atoms with van der Waals surface area (Å²) in [5, 5.41) is 19.4. The summed E-state index contributed by atoms with van der Waals surface area (Å²) < 4.78 is 0. The molecule has 3 N–H and O–H groups in total. The summed E-state index contributed by atoms with van der Waals surface area (Å²) in [7, 11) is 0. The van der Waals surface area contributed by atoms with E-state index in [1.54, 1.807) is 12.1 Å². The summed E-state index contributed by atoms with van der Waals surface area (Å²) in [6, 6.07) is 4.63. The van der Waals surface area contributed by atoms with Crippen LogP contribution in [0.1, 0.15) is 17.7 Å². The molecule has 0 fully saturated rings. The Labute approximate surface area is 121 Å². The van der Waals surface area contributed by atoms with Gasteiger partial charge in [-0.15, -0.1) is 0 Å². The summed E-state index contributed by atoms with van der Waals surface area (Å²) in [4.78, 5) is 12.2. The topological polar surface area (TPSA) is 78.0 Å². The highest BCUT2D eigenvalue weighted by Crippen LogP contribution is 2.28. The standard InChI is InChI=1S/C14H14ClN3O2/c15-11-6-10(3-4-13(11)19)17-14(20)8-1-2-9-7-16-18-12(9)5-8/h3-4,6-8,19H,1-2,5H2,(H,16,18)(H,17,20)/t8-/m0/s1. The molecule has 104 valence electrons. The van der Waals surface area contributed by atoms with E-state index in [0.29, 0.717) is 12.1 Å². The minimum absolute atomic E-state index is 0.00411. The molecule has 1 aliphatic rings. The average Bonchev–Trinajstić information content (AvgIpc) is 2.90. The van der Waals surface area contributed by atoms with Gasteiger partial charge >= 0.3 is 0 Å². The summed E-state index contributed by atoms with van der Waals surface area (Å²) in [5.41, 5.74) is 2.83. The molecule has 2 aromatic rings. The highest BCUT2D eigenvalue weighted by molar-refractivity contribution is 6.32. The van der Waals surface area contributed by atoms with E-state index >= 15 is 0 Å². The Morgan fingerprint density at radius 2 is 2.35 bits per heavy atom. The number of aromatic hydroxyl groups is 1. The van der Waals surface area contributed by atoms with Crippen molar-refractivity contribution in [2.75, 3.05) is 5.32 Å². The number of H-pyrrole nitrogens is 1. The molecule has 0 saturated heterocycles. The maximum Gasteiger partial charge on any atom is 0.227 e. The van der Waals surface area contributed by atoms with Crippen molar-refractivity contribution in [3.63, 3.8) is 0 Å². The third-order valence-electron chi connectivity index (χ3n) is 3.61. The van der Waals surface area contributed by atoms with Gasteiger partial charge in [0.25, 0.3) is 0 Å². The highest BCUT2D eigenvalue weighted by atomic mass is 35.5. The van der Waals surface area contributed by atoms with E-state index in [0.717, 1.165) is 18.5 Å². The van der Waals surface area contributed by atoms with E-state index in [1.807, 2.05) is 6.20 Å². The van der Waals surface area contributed by atoms with Crippen LogP contribution in [0.3, 0.4) is 0 Å². The molecule has 1 aromatic heterocycles. The molecular weight excluding hydrogens is 278 g/mol. The Hall–Kier alpha value is -2.01. The van der Waals surface area contributed by atoms with Crippen LogP contribution >= 0.6 is 11.6 Å². The van der Waals surface area contributed by atoms with Crippen LogP contribution in [0.4, 0.5) is 5.69 Å². The second-order valence-electron chi connectivity index (χ2n) is 4.97. The van der Waals surface area contributed by atoms with Crippen LogP contribution in [0.25, 0.3) is 0 Å². The first-order chi connectivity index (χ1) is 9.63. The van der Waals surface area contributed by atoms with Crippen molar-refractivity contribution in [1.29, 1.82) is 0 Å². The van der Waals surface area contributed by atoms with Gasteiger partial charge in [-0.05, 0) is 36.6 Å². The predicted molar refractivity (Wildman–Crippen MR) is 75.8 cm³/mol. The summed E-state index contributed by atoms with van der Waals surface area (Å²) in [6.45, 7) is 0. The number of amides is 1. The molecule has 0 unspecified atom stereocenters. The molecule has 20 heavy (non-hydrogen) atoms. The summed E-state index contributed by atoms with van der Waals surface area (Å²) in [6.07, 6.45) is 4.17. The number of hydrogen-bond acceptors (Lipinski definition) is 3. The van der Waals surface area contributed by atoms with E-state index < -0.39 is 0 Å². The minimum Gasteiger partial charge on any atom is -0.506 e. The number of carbonyl (C=O) groups is 1. The van der Waals surface area contributed by atoms with Gasteiger partial charge in [-0.1, -0.05) is 11.6 Å². The number of benzene rings is 1. The number of aromatic nitrogens is 2. The Kier molecular flexibility index (Phi) is 3.36. The first kappa shape index (κ1) is 13.0. The van der Waals surface area contributed by atoms with Crippen molar-refractivity contribution in [2.45, 2.75) is 19.3 Å². The van der Waals surface area contributed by atoms with Crippen molar-refractivity contribution in [2.24, 2.45) is 5.92 Å². The van der Waals surface area contributed by atoms with Gasteiger partial charge in [0.15, 0.2) is 0 Å². The molecule has 0 bridgehead atoms.